The summed E-state index contributed by atoms with van der Waals surface area (Å²) in [6, 6.07) is 13.5. The predicted molar refractivity (Wildman–Crippen MR) is 157 cm³/mol. The molecule has 3 aromatic rings. The standard InChI is InChI=1S/C31H32N6O4S/c32-29(33)20-7-8-21-16-36(25(15-22(21)14-20)28(40)30-34-12-13-42-30)31(41)24-10-9-23-17-35(18-27(39)37(23)24)26(38)11-6-19-4-2-1-3-5-19/h1-5,7-8,12-14,23-25H,6,9-11,15-18H2,(H3,32,33). The summed E-state index contributed by atoms with van der Waals surface area (Å²) in [5.74, 6) is -0.861. The lowest BCUT2D eigenvalue weighted by Crippen LogP contribution is -2.61. The number of amides is 3. The van der Waals surface area contributed by atoms with Gasteiger partial charge in [-0.05, 0) is 42.0 Å². The summed E-state index contributed by atoms with van der Waals surface area (Å²) in [5, 5.41) is 9.86. The van der Waals surface area contributed by atoms with E-state index in [4.69, 9.17) is 11.1 Å². The maximum Gasteiger partial charge on any atom is 0.246 e. The predicted octanol–water partition coefficient (Wildman–Crippen LogP) is 2.40. The lowest BCUT2D eigenvalue weighted by molar-refractivity contribution is -0.154. The van der Waals surface area contributed by atoms with Crippen molar-refractivity contribution in [1.82, 2.24) is 19.7 Å². The number of hydrogen-bond donors (Lipinski definition) is 2. The van der Waals surface area contributed by atoms with Crippen molar-refractivity contribution in [3.8, 4) is 0 Å². The van der Waals surface area contributed by atoms with Gasteiger partial charge in [0.25, 0.3) is 0 Å². The number of rotatable bonds is 7. The molecule has 42 heavy (non-hydrogen) atoms. The van der Waals surface area contributed by atoms with E-state index in [0.29, 0.717) is 42.8 Å². The average molecular weight is 585 g/mol. The minimum Gasteiger partial charge on any atom is -0.384 e. The molecule has 4 heterocycles. The smallest absolute Gasteiger partial charge is 0.246 e. The first-order valence-electron chi connectivity index (χ1n) is 14.1. The van der Waals surface area contributed by atoms with Gasteiger partial charge in [0.15, 0.2) is 5.01 Å². The fourth-order valence-corrected chi connectivity index (χ4v) is 7.01. The number of carbonyl (C=O) groups is 4. The van der Waals surface area contributed by atoms with Gasteiger partial charge in [0.1, 0.15) is 17.9 Å². The van der Waals surface area contributed by atoms with Crippen molar-refractivity contribution in [3.63, 3.8) is 0 Å². The summed E-state index contributed by atoms with van der Waals surface area (Å²) in [5.41, 5.74) is 9.09. The van der Waals surface area contributed by atoms with Crippen molar-refractivity contribution in [2.45, 2.75) is 56.8 Å². The van der Waals surface area contributed by atoms with E-state index in [1.54, 1.807) is 32.3 Å². The molecule has 3 N–H and O–H groups in total. The molecular formula is C31H32N6O4S. The van der Waals surface area contributed by atoms with Crippen LogP contribution in [-0.2, 0) is 33.8 Å². The van der Waals surface area contributed by atoms with Gasteiger partial charge >= 0.3 is 0 Å². The molecule has 2 fully saturated rings. The third-order valence-corrected chi connectivity index (χ3v) is 9.32. The molecular weight excluding hydrogens is 552 g/mol. The number of carbonyl (C=O) groups excluding carboxylic acids is 4. The number of hydrogen-bond acceptors (Lipinski definition) is 7. The molecule has 3 atom stereocenters. The van der Waals surface area contributed by atoms with Crippen LogP contribution >= 0.6 is 11.3 Å². The summed E-state index contributed by atoms with van der Waals surface area (Å²) in [6.07, 6.45) is 3.86. The first-order valence-corrected chi connectivity index (χ1v) is 15.0. The lowest BCUT2D eigenvalue weighted by atomic mass is 9.89. The molecule has 2 saturated heterocycles. The third kappa shape index (κ3) is 5.32. The first-order chi connectivity index (χ1) is 20.3. The van der Waals surface area contributed by atoms with Crippen molar-refractivity contribution in [3.05, 3.63) is 87.4 Å². The summed E-state index contributed by atoms with van der Waals surface area (Å²) < 4.78 is 0. The van der Waals surface area contributed by atoms with Gasteiger partial charge in [-0.3, -0.25) is 24.6 Å². The Labute approximate surface area is 247 Å². The highest BCUT2D eigenvalue weighted by Crippen LogP contribution is 2.33. The molecule has 0 bridgehead atoms. The zero-order valence-corrected chi connectivity index (χ0v) is 23.9. The zero-order valence-electron chi connectivity index (χ0n) is 23.1. The molecule has 0 saturated carbocycles. The molecule has 0 radical (unpaired) electrons. The number of thiazole rings is 1. The van der Waals surface area contributed by atoms with E-state index in [9.17, 15) is 19.2 Å². The molecule has 2 aromatic carbocycles. The summed E-state index contributed by atoms with van der Waals surface area (Å²) in [4.78, 5) is 63.3. The van der Waals surface area contributed by atoms with Crippen molar-refractivity contribution in [2.75, 3.05) is 13.1 Å². The molecule has 0 spiro atoms. The Morgan fingerprint density at radius 2 is 1.83 bits per heavy atom. The Morgan fingerprint density at radius 3 is 2.57 bits per heavy atom. The van der Waals surface area contributed by atoms with E-state index in [0.717, 1.165) is 16.7 Å². The van der Waals surface area contributed by atoms with E-state index < -0.39 is 12.1 Å². The van der Waals surface area contributed by atoms with Crippen LogP contribution in [0.25, 0.3) is 0 Å². The summed E-state index contributed by atoms with van der Waals surface area (Å²) in [7, 11) is 0. The highest BCUT2D eigenvalue weighted by molar-refractivity contribution is 7.11. The minimum atomic E-state index is -0.784. The second-order valence-corrected chi connectivity index (χ2v) is 12.0. The quantitative estimate of drug-likeness (QED) is 0.248. The summed E-state index contributed by atoms with van der Waals surface area (Å²) >= 11 is 1.23. The fourth-order valence-electron chi connectivity index (χ4n) is 6.38. The van der Waals surface area contributed by atoms with Crippen LogP contribution in [0, 0.1) is 5.41 Å². The van der Waals surface area contributed by atoms with Crippen LogP contribution in [0.2, 0.25) is 0 Å². The monoisotopic (exact) mass is 584 g/mol. The number of amidine groups is 1. The van der Waals surface area contributed by atoms with E-state index in [1.165, 1.54) is 11.3 Å². The number of nitrogen functional groups attached to an aromatic ring is 1. The number of nitrogens with two attached hydrogens (primary N) is 1. The number of fused-ring (bicyclic) bond motifs is 2. The molecule has 3 amide bonds. The van der Waals surface area contributed by atoms with Crippen molar-refractivity contribution < 1.29 is 19.2 Å². The number of benzene rings is 2. The van der Waals surface area contributed by atoms with E-state index in [-0.39, 0.29) is 54.9 Å². The van der Waals surface area contributed by atoms with Gasteiger partial charge in [-0.2, -0.15) is 0 Å². The highest BCUT2D eigenvalue weighted by atomic mass is 32.1. The lowest BCUT2D eigenvalue weighted by Gasteiger charge is -2.42. The number of aromatic nitrogens is 1. The van der Waals surface area contributed by atoms with Crippen LogP contribution in [-0.4, -0.2) is 80.2 Å². The van der Waals surface area contributed by atoms with E-state index in [1.807, 2.05) is 42.5 Å². The van der Waals surface area contributed by atoms with Gasteiger partial charge in [-0.15, -0.1) is 11.3 Å². The number of nitrogens with one attached hydrogen (secondary N) is 1. The van der Waals surface area contributed by atoms with Gasteiger partial charge in [-0.1, -0.05) is 42.5 Å². The van der Waals surface area contributed by atoms with Crippen LogP contribution in [0.5, 0.6) is 0 Å². The van der Waals surface area contributed by atoms with Gasteiger partial charge < -0.3 is 20.4 Å². The topological polar surface area (TPSA) is 141 Å². The van der Waals surface area contributed by atoms with Crippen LogP contribution < -0.4 is 5.73 Å². The van der Waals surface area contributed by atoms with E-state index in [2.05, 4.69) is 4.98 Å². The minimum absolute atomic E-state index is 0.0496. The van der Waals surface area contributed by atoms with Crippen molar-refractivity contribution >= 4 is 40.7 Å². The molecule has 6 rings (SSSR count). The Hall–Kier alpha value is -4.38. The zero-order chi connectivity index (χ0) is 29.4. The Morgan fingerprint density at radius 1 is 1.02 bits per heavy atom. The Bertz CT molecular complexity index is 1540. The second kappa shape index (κ2) is 11.5. The number of Topliss-reactive ketones (excluding diaryl/α,β-unsaturated/α-hetero) is 1. The normalized spacial score (nSPS) is 21.6. The molecule has 1 aromatic heterocycles. The SMILES string of the molecule is N=C(N)c1ccc2c(c1)CC(C(=O)c1nccs1)N(C(=O)C1CCC3CN(C(=O)CCc4ccccc4)CC(=O)N31)C2. The molecule has 0 aliphatic carbocycles. The fraction of sp³-hybridized carbons (Fsp3) is 0.355. The van der Waals surface area contributed by atoms with Crippen LogP contribution in [0.15, 0.2) is 60.1 Å². The van der Waals surface area contributed by atoms with Gasteiger partial charge in [0.05, 0.1) is 12.6 Å². The Kier molecular flexibility index (Phi) is 7.59. The maximum absolute atomic E-state index is 14.2. The molecule has 3 unspecified atom stereocenters. The van der Waals surface area contributed by atoms with Gasteiger partial charge in [-0.25, -0.2) is 4.98 Å². The van der Waals surface area contributed by atoms with Crippen LogP contribution in [0.3, 0.4) is 0 Å². The largest absolute Gasteiger partial charge is 0.384 e. The average Bonchev–Trinajstić information content (AvgIpc) is 3.70. The molecule has 3 aliphatic heterocycles. The number of ketones is 1. The van der Waals surface area contributed by atoms with Gasteiger partial charge in [0, 0.05) is 43.1 Å². The van der Waals surface area contributed by atoms with Gasteiger partial charge in [0.2, 0.25) is 23.5 Å². The number of nitrogens with zero attached hydrogens (tertiary/aromatic N) is 4. The van der Waals surface area contributed by atoms with Crippen molar-refractivity contribution in [2.24, 2.45) is 5.73 Å². The number of piperazine rings is 1. The van der Waals surface area contributed by atoms with E-state index >= 15 is 0 Å². The highest BCUT2D eigenvalue weighted by Gasteiger charge is 2.48. The first kappa shape index (κ1) is 27.8. The van der Waals surface area contributed by atoms with Crippen LogP contribution in [0.4, 0.5) is 0 Å². The number of aryl methyl sites for hydroxylation is 1. The molecule has 10 nitrogen and oxygen atoms in total. The molecule has 216 valence electrons. The van der Waals surface area contributed by atoms with Crippen molar-refractivity contribution in [1.29, 1.82) is 5.41 Å². The summed E-state index contributed by atoms with van der Waals surface area (Å²) in [6.45, 7) is 0.564. The van der Waals surface area contributed by atoms with Crippen LogP contribution in [0.1, 0.15) is 51.3 Å². The third-order valence-electron chi connectivity index (χ3n) is 8.53. The molecule has 11 heteroatoms. The Balaban J connectivity index is 1.19. The maximum atomic E-state index is 14.2. The molecule has 3 aliphatic rings. The second-order valence-electron chi connectivity index (χ2n) is 11.1.